The average Bonchev–Trinajstić information content (AvgIpc) is 2.58. The maximum Gasteiger partial charge on any atom is 0.277 e. The number of amides is 1. The monoisotopic (exact) mass is 360 g/mol. The number of carbonyl (C=O) groups excluding carboxylic acids is 1. The summed E-state index contributed by atoms with van der Waals surface area (Å²) < 4.78 is 10.7. The largest absolute Gasteiger partial charge is 0.495 e. The topological polar surface area (TPSA) is 59.9 Å². The van der Waals surface area contributed by atoms with Gasteiger partial charge in [-0.05, 0) is 61.2 Å². The molecule has 0 heterocycles. The van der Waals surface area contributed by atoms with Crippen molar-refractivity contribution in [3.8, 4) is 11.5 Å². The molecule has 0 radical (unpaired) electrons. The zero-order valence-electron chi connectivity index (χ0n) is 14.7. The Morgan fingerprint density at radius 3 is 2.60 bits per heavy atom. The molecular formula is C19H21ClN2O3. The third kappa shape index (κ3) is 4.97. The van der Waals surface area contributed by atoms with Crippen molar-refractivity contribution < 1.29 is 14.3 Å². The van der Waals surface area contributed by atoms with Gasteiger partial charge in [0.2, 0.25) is 0 Å². The number of ether oxygens (including phenoxy) is 2. The molecule has 1 amide bonds. The fourth-order valence-corrected chi connectivity index (χ4v) is 2.53. The number of hydrazone groups is 1. The number of benzene rings is 2. The highest BCUT2D eigenvalue weighted by Crippen LogP contribution is 2.25. The van der Waals surface area contributed by atoms with E-state index in [4.69, 9.17) is 21.1 Å². The third-order valence-electron chi connectivity index (χ3n) is 3.80. The summed E-state index contributed by atoms with van der Waals surface area (Å²) in [5.74, 6) is 0.984. The van der Waals surface area contributed by atoms with Crippen LogP contribution in [0.25, 0.3) is 0 Å². The molecule has 25 heavy (non-hydrogen) atoms. The van der Waals surface area contributed by atoms with Crippen LogP contribution in [0.1, 0.15) is 22.3 Å². The maximum atomic E-state index is 11.9. The van der Waals surface area contributed by atoms with E-state index in [2.05, 4.69) is 10.5 Å². The van der Waals surface area contributed by atoms with Crippen molar-refractivity contribution in [2.75, 3.05) is 13.7 Å². The summed E-state index contributed by atoms with van der Waals surface area (Å²) >= 11 is 6.04. The van der Waals surface area contributed by atoms with Gasteiger partial charge in [-0.3, -0.25) is 4.79 Å². The Labute approximate surface area is 152 Å². The fraction of sp³-hybridized carbons (Fsp3) is 0.263. The molecular weight excluding hydrogens is 340 g/mol. The van der Waals surface area contributed by atoms with Gasteiger partial charge in [-0.15, -0.1) is 0 Å². The van der Waals surface area contributed by atoms with Crippen molar-refractivity contribution >= 4 is 23.7 Å². The van der Waals surface area contributed by atoms with Crippen LogP contribution in [0.5, 0.6) is 11.5 Å². The molecule has 0 unspecified atom stereocenters. The van der Waals surface area contributed by atoms with E-state index in [1.165, 1.54) is 6.21 Å². The predicted molar refractivity (Wildman–Crippen MR) is 99.9 cm³/mol. The summed E-state index contributed by atoms with van der Waals surface area (Å²) in [6, 6.07) is 9.23. The SMILES string of the molecule is COc1ccc(/C=N\NC(=O)COc2c(C)ccc(C)c2C)cc1Cl. The van der Waals surface area contributed by atoms with Crippen LogP contribution >= 0.6 is 11.6 Å². The highest BCUT2D eigenvalue weighted by molar-refractivity contribution is 6.32. The molecule has 0 aromatic heterocycles. The smallest absolute Gasteiger partial charge is 0.277 e. The standard InChI is InChI=1S/C19H21ClN2O3/c1-12-5-6-13(2)19(14(12)3)25-11-18(23)22-21-10-15-7-8-17(24-4)16(20)9-15/h5-10H,11H2,1-4H3,(H,22,23)/b21-10-. The van der Waals surface area contributed by atoms with E-state index in [1.807, 2.05) is 32.9 Å². The molecule has 2 aromatic carbocycles. The van der Waals surface area contributed by atoms with Gasteiger partial charge in [0, 0.05) is 0 Å². The van der Waals surface area contributed by atoms with Crippen molar-refractivity contribution in [1.82, 2.24) is 5.43 Å². The number of halogens is 1. The van der Waals surface area contributed by atoms with E-state index < -0.39 is 0 Å². The Kier molecular flexibility index (Phi) is 6.42. The van der Waals surface area contributed by atoms with Gasteiger partial charge in [0.05, 0.1) is 18.3 Å². The van der Waals surface area contributed by atoms with Gasteiger partial charge in [0.1, 0.15) is 11.5 Å². The van der Waals surface area contributed by atoms with Crippen LogP contribution in [0.15, 0.2) is 35.4 Å². The maximum absolute atomic E-state index is 11.9. The third-order valence-corrected chi connectivity index (χ3v) is 4.10. The Bertz CT molecular complexity index is 803. The second-order valence-electron chi connectivity index (χ2n) is 5.63. The molecule has 2 aromatic rings. The zero-order chi connectivity index (χ0) is 18.4. The molecule has 2 rings (SSSR count). The number of hydrogen-bond donors (Lipinski definition) is 1. The Balaban J connectivity index is 1.91. The summed E-state index contributed by atoms with van der Waals surface area (Å²) in [6.07, 6.45) is 1.51. The normalized spacial score (nSPS) is 10.8. The van der Waals surface area contributed by atoms with Crippen LogP contribution in [-0.4, -0.2) is 25.8 Å². The van der Waals surface area contributed by atoms with E-state index >= 15 is 0 Å². The number of aryl methyl sites for hydroxylation is 2. The lowest BCUT2D eigenvalue weighted by Crippen LogP contribution is -2.25. The molecule has 5 nitrogen and oxygen atoms in total. The minimum atomic E-state index is -0.337. The van der Waals surface area contributed by atoms with Crippen LogP contribution in [0.4, 0.5) is 0 Å². The Hall–Kier alpha value is -2.53. The van der Waals surface area contributed by atoms with E-state index in [1.54, 1.807) is 25.3 Å². The van der Waals surface area contributed by atoms with Crippen LogP contribution in [0.2, 0.25) is 5.02 Å². The van der Waals surface area contributed by atoms with E-state index in [-0.39, 0.29) is 12.5 Å². The molecule has 0 aliphatic carbocycles. The molecule has 0 aliphatic rings. The highest BCUT2D eigenvalue weighted by Gasteiger charge is 2.08. The second kappa shape index (κ2) is 8.53. The number of nitrogens with one attached hydrogen (secondary N) is 1. The molecule has 0 aliphatic heterocycles. The number of hydrogen-bond acceptors (Lipinski definition) is 4. The van der Waals surface area contributed by atoms with Gasteiger partial charge in [0.15, 0.2) is 6.61 Å². The lowest BCUT2D eigenvalue weighted by atomic mass is 10.1. The first kappa shape index (κ1) is 18.8. The van der Waals surface area contributed by atoms with Crippen molar-refractivity contribution in [1.29, 1.82) is 0 Å². The summed E-state index contributed by atoms with van der Waals surface area (Å²) in [5.41, 5.74) is 6.33. The second-order valence-corrected chi connectivity index (χ2v) is 6.04. The molecule has 1 N–H and O–H groups in total. The first-order valence-electron chi connectivity index (χ1n) is 7.77. The number of carbonyl (C=O) groups is 1. The van der Waals surface area contributed by atoms with Crippen molar-refractivity contribution in [3.63, 3.8) is 0 Å². The van der Waals surface area contributed by atoms with Crippen LogP contribution in [0.3, 0.4) is 0 Å². The predicted octanol–water partition coefficient (Wildman–Crippen LogP) is 3.80. The Morgan fingerprint density at radius 2 is 1.92 bits per heavy atom. The lowest BCUT2D eigenvalue weighted by Gasteiger charge is -2.13. The first-order valence-corrected chi connectivity index (χ1v) is 8.15. The number of nitrogens with zero attached hydrogens (tertiary/aromatic N) is 1. The van der Waals surface area contributed by atoms with E-state index in [9.17, 15) is 4.79 Å². The highest BCUT2D eigenvalue weighted by atomic mass is 35.5. The van der Waals surface area contributed by atoms with Gasteiger partial charge in [-0.2, -0.15) is 5.10 Å². The van der Waals surface area contributed by atoms with Crippen LogP contribution in [0, 0.1) is 20.8 Å². The van der Waals surface area contributed by atoms with Gasteiger partial charge in [0.25, 0.3) is 5.91 Å². The summed E-state index contributed by atoms with van der Waals surface area (Å²) in [4.78, 5) is 11.9. The quantitative estimate of drug-likeness (QED) is 0.629. The number of methoxy groups -OCH3 is 1. The molecule has 0 bridgehead atoms. The van der Waals surface area contributed by atoms with Crippen molar-refractivity contribution in [2.45, 2.75) is 20.8 Å². The van der Waals surface area contributed by atoms with Gasteiger partial charge in [-0.25, -0.2) is 5.43 Å². The average molecular weight is 361 g/mol. The fourth-order valence-electron chi connectivity index (χ4n) is 2.26. The molecule has 6 heteroatoms. The van der Waals surface area contributed by atoms with Gasteiger partial charge in [-0.1, -0.05) is 23.7 Å². The molecule has 0 saturated carbocycles. The molecule has 132 valence electrons. The van der Waals surface area contributed by atoms with Gasteiger partial charge >= 0.3 is 0 Å². The molecule has 0 spiro atoms. The first-order chi connectivity index (χ1) is 11.9. The summed E-state index contributed by atoms with van der Waals surface area (Å²) in [6.45, 7) is 5.82. The van der Waals surface area contributed by atoms with Crippen LogP contribution < -0.4 is 14.9 Å². The lowest BCUT2D eigenvalue weighted by molar-refractivity contribution is -0.123. The van der Waals surface area contributed by atoms with Crippen molar-refractivity contribution in [2.24, 2.45) is 5.10 Å². The Morgan fingerprint density at radius 1 is 1.20 bits per heavy atom. The van der Waals surface area contributed by atoms with Crippen LogP contribution in [-0.2, 0) is 4.79 Å². The number of rotatable bonds is 6. The minimum Gasteiger partial charge on any atom is -0.495 e. The van der Waals surface area contributed by atoms with Gasteiger partial charge < -0.3 is 9.47 Å². The molecule has 0 fully saturated rings. The summed E-state index contributed by atoms with van der Waals surface area (Å²) in [7, 11) is 1.55. The minimum absolute atomic E-state index is 0.105. The zero-order valence-corrected chi connectivity index (χ0v) is 15.5. The molecule has 0 atom stereocenters. The molecule has 0 saturated heterocycles. The van der Waals surface area contributed by atoms with E-state index in [0.29, 0.717) is 10.8 Å². The summed E-state index contributed by atoms with van der Waals surface area (Å²) in [5, 5.41) is 4.39. The van der Waals surface area contributed by atoms with E-state index in [0.717, 1.165) is 28.0 Å². The van der Waals surface area contributed by atoms with Crippen molar-refractivity contribution in [3.05, 3.63) is 57.6 Å².